The molecule has 1 saturated heterocycles. The van der Waals surface area contributed by atoms with E-state index in [0.717, 1.165) is 43.7 Å². The Hall–Kier alpha value is -0.570. The first-order valence-electron chi connectivity index (χ1n) is 9.21. The zero-order chi connectivity index (χ0) is 14.3. The lowest BCUT2D eigenvalue weighted by Crippen LogP contribution is -2.48. The van der Waals surface area contributed by atoms with Crippen LogP contribution in [-0.4, -0.2) is 25.0 Å². The summed E-state index contributed by atoms with van der Waals surface area (Å²) in [7, 11) is 0. The highest BCUT2D eigenvalue weighted by Crippen LogP contribution is 2.61. The summed E-state index contributed by atoms with van der Waals surface area (Å²) < 4.78 is 0. The summed E-state index contributed by atoms with van der Waals surface area (Å²) in [5, 5.41) is 6.71. The molecule has 5 aliphatic rings. The molecule has 1 aliphatic heterocycles. The van der Waals surface area contributed by atoms with Crippen molar-refractivity contribution in [2.75, 3.05) is 13.1 Å². The number of nitrogens with one attached hydrogen (secondary N) is 2. The molecule has 0 aromatic heterocycles. The van der Waals surface area contributed by atoms with Gasteiger partial charge in [0.15, 0.2) is 0 Å². The Kier molecular flexibility index (Phi) is 3.72. The first-order valence-corrected chi connectivity index (χ1v) is 9.21. The molecule has 0 aromatic rings. The fourth-order valence-corrected chi connectivity index (χ4v) is 6.30. The molecule has 1 amide bonds. The van der Waals surface area contributed by atoms with Gasteiger partial charge in [0.2, 0.25) is 5.91 Å². The van der Waals surface area contributed by atoms with Crippen LogP contribution in [0, 0.1) is 23.2 Å². The van der Waals surface area contributed by atoms with Gasteiger partial charge in [-0.05, 0) is 87.5 Å². The second-order valence-electron chi connectivity index (χ2n) is 8.53. The van der Waals surface area contributed by atoms with Gasteiger partial charge >= 0.3 is 0 Å². The molecule has 3 heteroatoms. The highest BCUT2D eigenvalue weighted by molar-refractivity contribution is 5.76. The molecule has 2 N–H and O–H groups in total. The maximum Gasteiger partial charge on any atom is 0.220 e. The molecule has 3 nitrogen and oxygen atoms in total. The van der Waals surface area contributed by atoms with E-state index >= 15 is 0 Å². The predicted molar refractivity (Wildman–Crippen MR) is 83.9 cm³/mol. The monoisotopic (exact) mass is 290 g/mol. The van der Waals surface area contributed by atoms with Crippen LogP contribution in [0.1, 0.15) is 64.2 Å². The van der Waals surface area contributed by atoms with Crippen LogP contribution in [0.3, 0.4) is 0 Å². The van der Waals surface area contributed by atoms with Gasteiger partial charge in [0.25, 0.3) is 0 Å². The van der Waals surface area contributed by atoms with Crippen molar-refractivity contribution in [3.05, 3.63) is 0 Å². The largest absolute Gasteiger partial charge is 0.356 e. The Morgan fingerprint density at radius 2 is 1.76 bits per heavy atom. The first kappa shape index (κ1) is 14.0. The highest BCUT2D eigenvalue weighted by Gasteiger charge is 2.51. The van der Waals surface area contributed by atoms with Crippen LogP contribution in [0.4, 0.5) is 0 Å². The van der Waals surface area contributed by atoms with E-state index in [2.05, 4.69) is 10.6 Å². The molecule has 4 bridgehead atoms. The molecule has 0 aromatic carbocycles. The SMILES string of the molecule is O=C(CC12CC3CC(CC(C3)C1)C2)NCC[C@@H]1CCCN1. The van der Waals surface area contributed by atoms with Gasteiger partial charge in [-0.3, -0.25) is 4.79 Å². The van der Waals surface area contributed by atoms with E-state index in [1.54, 1.807) is 0 Å². The molecule has 4 saturated carbocycles. The number of carbonyl (C=O) groups is 1. The van der Waals surface area contributed by atoms with Crippen molar-refractivity contribution in [3.63, 3.8) is 0 Å². The van der Waals surface area contributed by atoms with Crippen molar-refractivity contribution in [1.82, 2.24) is 10.6 Å². The molecular weight excluding hydrogens is 260 g/mol. The molecule has 0 spiro atoms. The van der Waals surface area contributed by atoms with Gasteiger partial charge in [-0.1, -0.05) is 0 Å². The molecule has 1 atom stereocenters. The molecule has 21 heavy (non-hydrogen) atoms. The third-order valence-corrected chi connectivity index (χ3v) is 6.68. The number of hydrogen-bond donors (Lipinski definition) is 2. The smallest absolute Gasteiger partial charge is 0.220 e. The minimum absolute atomic E-state index is 0.329. The molecular formula is C18H30N2O. The number of carbonyl (C=O) groups excluding carboxylic acids is 1. The lowest BCUT2D eigenvalue weighted by atomic mass is 9.49. The van der Waals surface area contributed by atoms with E-state index in [4.69, 9.17) is 0 Å². The fraction of sp³-hybridized carbons (Fsp3) is 0.944. The molecule has 0 unspecified atom stereocenters. The summed E-state index contributed by atoms with van der Waals surface area (Å²) >= 11 is 0. The molecule has 4 aliphatic carbocycles. The van der Waals surface area contributed by atoms with Gasteiger partial charge in [0.05, 0.1) is 0 Å². The van der Waals surface area contributed by atoms with Gasteiger partial charge in [-0.25, -0.2) is 0 Å². The maximum atomic E-state index is 12.4. The average Bonchev–Trinajstić information content (AvgIpc) is 2.89. The number of rotatable bonds is 5. The summed E-state index contributed by atoms with van der Waals surface area (Å²) in [5.74, 6) is 3.18. The third kappa shape index (κ3) is 2.99. The van der Waals surface area contributed by atoms with Crippen molar-refractivity contribution in [3.8, 4) is 0 Å². The van der Waals surface area contributed by atoms with Gasteiger partial charge in [-0.2, -0.15) is 0 Å². The van der Waals surface area contributed by atoms with Crippen molar-refractivity contribution in [1.29, 1.82) is 0 Å². The van der Waals surface area contributed by atoms with E-state index in [9.17, 15) is 4.79 Å². The summed E-state index contributed by atoms with van der Waals surface area (Å²) in [4.78, 5) is 12.4. The minimum atomic E-state index is 0.329. The van der Waals surface area contributed by atoms with Gasteiger partial charge in [0.1, 0.15) is 0 Å². The molecule has 5 fully saturated rings. The predicted octanol–water partition coefficient (Wildman–Crippen LogP) is 2.85. The summed E-state index contributed by atoms with van der Waals surface area (Å²) in [6, 6.07) is 0.643. The highest BCUT2D eigenvalue weighted by atomic mass is 16.1. The van der Waals surface area contributed by atoms with Crippen LogP contribution < -0.4 is 10.6 Å². The average molecular weight is 290 g/mol. The lowest BCUT2D eigenvalue weighted by molar-refractivity contribution is -0.129. The van der Waals surface area contributed by atoms with E-state index in [-0.39, 0.29) is 0 Å². The van der Waals surface area contributed by atoms with E-state index in [0.29, 0.717) is 17.4 Å². The summed E-state index contributed by atoms with van der Waals surface area (Å²) in [6.45, 7) is 2.02. The molecule has 5 rings (SSSR count). The quantitative estimate of drug-likeness (QED) is 0.817. The lowest BCUT2D eigenvalue weighted by Gasteiger charge is -2.56. The van der Waals surface area contributed by atoms with Crippen LogP contribution in [0.15, 0.2) is 0 Å². The van der Waals surface area contributed by atoms with Gasteiger partial charge in [0, 0.05) is 19.0 Å². The Bertz CT molecular complexity index is 365. The summed E-state index contributed by atoms with van der Waals surface area (Å²) in [5.41, 5.74) is 0.393. The third-order valence-electron chi connectivity index (χ3n) is 6.68. The van der Waals surface area contributed by atoms with Crippen LogP contribution in [0.5, 0.6) is 0 Å². The minimum Gasteiger partial charge on any atom is -0.356 e. The Labute approximate surface area is 128 Å². The second-order valence-corrected chi connectivity index (χ2v) is 8.53. The Morgan fingerprint density at radius 3 is 2.33 bits per heavy atom. The van der Waals surface area contributed by atoms with Crippen molar-refractivity contribution in [2.24, 2.45) is 23.2 Å². The Morgan fingerprint density at radius 1 is 1.10 bits per heavy atom. The van der Waals surface area contributed by atoms with Gasteiger partial charge < -0.3 is 10.6 Å². The molecule has 0 radical (unpaired) electrons. The normalized spacial score (nSPS) is 44.2. The standard InChI is InChI=1S/C18H30N2O/c21-17(20-5-3-16-2-1-4-19-16)12-18-9-13-6-14(10-18)8-15(7-13)11-18/h13-16,19H,1-12H2,(H,20,21)/t13?,14?,15?,16-,18?/m0/s1. The van der Waals surface area contributed by atoms with Crippen molar-refractivity contribution < 1.29 is 4.79 Å². The number of hydrogen-bond acceptors (Lipinski definition) is 2. The van der Waals surface area contributed by atoms with Crippen molar-refractivity contribution in [2.45, 2.75) is 70.3 Å². The van der Waals surface area contributed by atoms with E-state index in [1.165, 1.54) is 51.4 Å². The maximum absolute atomic E-state index is 12.4. The van der Waals surface area contributed by atoms with Crippen molar-refractivity contribution >= 4 is 5.91 Å². The summed E-state index contributed by atoms with van der Waals surface area (Å²) in [6.07, 6.45) is 12.9. The topological polar surface area (TPSA) is 41.1 Å². The second kappa shape index (κ2) is 5.57. The number of amides is 1. The molecule has 1 heterocycles. The van der Waals surface area contributed by atoms with E-state index in [1.807, 2.05) is 0 Å². The zero-order valence-corrected chi connectivity index (χ0v) is 13.2. The zero-order valence-electron chi connectivity index (χ0n) is 13.2. The van der Waals surface area contributed by atoms with Crippen LogP contribution in [0.25, 0.3) is 0 Å². The van der Waals surface area contributed by atoms with Crippen LogP contribution in [0.2, 0.25) is 0 Å². The molecule has 118 valence electrons. The first-order chi connectivity index (χ1) is 10.2. The fourth-order valence-electron chi connectivity index (χ4n) is 6.30. The van der Waals surface area contributed by atoms with Crippen LogP contribution >= 0.6 is 0 Å². The van der Waals surface area contributed by atoms with E-state index < -0.39 is 0 Å². The van der Waals surface area contributed by atoms with Crippen LogP contribution in [-0.2, 0) is 4.79 Å². The Balaban J connectivity index is 1.26. The van der Waals surface area contributed by atoms with Gasteiger partial charge in [-0.15, -0.1) is 0 Å².